The van der Waals surface area contributed by atoms with Crippen molar-refractivity contribution in [3.05, 3.63) is 12.2 Å². The molecule has 0 aliphatic carbocycles. The fourth-order valence-corrected chi connectivity index (χ4v) is 2.64. The number of rotatable bonds is 12. The standard InChI is InChI=1S/C18H36N4O2.4H2/c1-17(21-5,15(23)19-3)13-11-9-7-8-10-12-14-18(2,22-6)16(24)20-4;;;;/h7-8,21-22H,9-14H2,1-6H3,(H,19,23)(H,20,24);4*1H/b8-7+;;;;/t17-,18-;;;;/m0..../s1. The van der Waals surface area contributed by atoms with Gasteiger partial charge < -0.3 is 21.3 Å². The Morgan fingerprint density at radius 2 is 1.12 bits per heavy atom. The molecular weight excluding hydrogens is 304 g/mol. The third-order valence-electron chi connectivity index (χ3n) is 4.82. The summed E-state index contributed by atoms with van der Waals surface area (Å²) in [6.07, 6.45) is 9.72. The van der Waals surface area contributed by atoms with Gasteiger partial charge in [-0.25, -0.2) is 0 Å². The van der Waals surface area contributed by atoms with Crippen molar-refractivity contribution in [1.82, 2.24) is 21.3 Å². The monoisotopic (exact) mass is 348 g/mol. The lowest BCUT2D eigenvalue weighted by Gasteiger charge is -2.27. The van der Waals surface area contributed by atoms with Gasteiger partial charge in [0.05, 0.1) is 11.1 Å². The predicted molar refractivity (Wildman–Crippen MR) is 108 cm³/mol. The van der Waals surface area contributed by atoms with Crippen LogP contribution in [0.2, 0.25) is 0 Å². The topological polar surface area (TPSA) is 82.3 Å². The molecule has 0 aromatic carbocycles. The molecule has 2 atom stereocenters. The average molecular weight is 349 g/mol. The maximum Gasteiger partial charge on any atom is 0.239 e. The second kappa shape index (κ2) is 11.2. The smallest absolute Gasteiger partial charge is 0.239 e. The molecule has 0 fully saturated rings. The molecule has 0 heterocycles. The Kier molecular flexibility index (Phi) is 10.6. The highest BCUT2D eigenvalue weighted by Gasteiger charge is 2.30. The maximum atomic E-state index is 11.8. The van der Waals surface area contributed by atoms with Crippen LogP contribution in [0.4, 0.5) is 0 Å². The molecule has 0 bridgehead atoms. The van der Waals surface area contributed by atoms with Gasteiger partial charge >= 0.3 is 0 Å². The van der Waals surface area contributed by atoms with Gasteiger partial charge in [-0.2, -0.15) is 0 Å². The van der Waals surface area contributed by atoms with Crippen LogP contribution in [0.1, 0.15) is 58.1 Å². The number of carbonyl (C=O) groups is 2. The first-order chi connectivity index (χ1) is 11.3. The van der Waals surface area contributed by atoms with E-state index in [1.54, 1.807) is 14.1 Å². The van der Waals surface area contributed by atoms with Crippen LogP contribution < -0.4 is 21.3 Å². The van der Waals surface area contributed by atoms with Gasteiger partial charge in [-0.1, -0.05) is 12.2 Å². The van der Waals surface area contributed by atoms with Crippen LogP contribution in [0.5, 0.6) is 0 Å². The Morgan fingerprint density at radius 3 is 1.38 bits per heavy atom. The number of likely N-dealkylation sites (N-methyl/N-ethyl adjacent to an activating group) is 4. The number of allylic oxidation sites excluding steroid dienone is 2. The van der Waals surface area contributed by atoms with E-state index in [2.05, 4.69) is 33.4 Å². The summed E-state index contributed by atoms with van der Waals surface area (Å²) in [5, 5.41) is 11.6. The Morgan fingerprint density at radius 1 is 0.792 bits per heavy atom. The van der Waals surface area contributed by atoms with Gasteiger partial charge in [-0.3, -0.25) is 9.59 Å². The maximum absolute atomic E-state index is 11.8. The Hall–Kier alpha value is -1.40. The molecule has 0 aromatic heterocycles. The first-order valence-corrected chi connectivity index (χ1v) is 8.77. The summed E-state index contributed by atoms with van der Waals surface area (Å²) in [4.78, 5) is 23.7. The van der Waals surface area contributed by atoms with Crippen LogP contribution in [0.25, 0.3) is 0 Å². The van der Waals surface area contributed by atoms with Crippen LogP contribution in [0.3, 0.4) is 0 Å². The van der Waals surface area contributed by atoms with Gasteiger partial charge in [-0.05, 0) is 66.5 Å². The zero-order valence-corrected chi connectivity index (χ0v) is 16.2. The van der Waals surface area contributed by atoms with Gasteiger partial charge in [0, 0.05) is 19.8 Å². The van der Waals surface area contributed by atoms with Gasteiger partial charge in [-0.15, -0.1) is 0 Å². The molecule has 0 rings (SSSR count). The zero-order valence-electron chi connectivity index (χ0n) is 16.2. The Bertz CT molecular complexity index is 404. The number of hydrogen-bond donors (Lipinski definition) is 4. The van der Waals surface area contributed by atoms with E-state index in [4.69, 9.17) is 0 Å². The minimum absolute atomic E-state index is 0. The van der Waals surface area contributed by atoms with E-state index in [1.165, 1.54) is 0 Å². The zero-order chi connectivity index (χ0) is 18.6. The molecule has 0 aliphatic heterocycles. The summed E-state index contributed by atoms with van der Waals surface area (Å²) in [5.74, 6) is 0.0454. The highest BCUT2D eigenvalue weighted by Crippen LogP contribution is 2.16. The second-order valence-electron chi connectivity index (χ2n) is 6.58. The normalized spacial score (nSPS) is 16.4. The van der Waals surface area contributed by atoms with E-state index in [0.717, 1.165) is 38.5 Å². The summed E-state index contributed by atoms with van der Waals surface area (Å²) in [6, 6.07) is 0. The summed E-state index contributed by atoms with van der Waals surface area (Å²) < 4.78 is 0. The van der Waals surface area contributed by atoms with Crippen molar-refractivity contribution in [2.24, 2.45) is 0 Å². The molecule has 0 aliphatic rings. The number of hydrogen-bond acceptors (Lipinski definition) is 4. The summed E-state index contributed by atoms with van der Waals surface area (Å²) >= 11 is 0. The Balaban J connectivity index is -0.000000441. The van der Waals surface area contributed by atoms with Gasteiger partial charge in [0.1, 0.15) is 0 Å². The molecule has 6 heteroatoms. The molecule has 0 aromatic rings. The van der Waals surface area contributed by atoms with E-state index in [1.807, 2.05) is 27.9 Å². The molecule has 6 nitrogen and oxygen atoms in total. The number of amides is 2. The van der Waals surface area contributed by atoms with Crippen molar-refractivity contribution in [1.29, 1.82) is 0 Å². The van der Waals surface area contributed by atoms with Gasteiger partial charge in [0.2, 0.25) is 11.8 Å². The van der Waals surface area contributed by atoms with E-state index in [0.29, 0.717) is 0 Å². The molecule has 4 N–H and O–H groups in total. The number of nitrogens with one attached hydrogen (secondary N) is 4. The largest absolute Gasteiger partial charge is 0.358 e. The van der Waals surface area contributed by atoms with Crippen LogP contribution in [0, 0.1) is 0 Å². The Labute approximate surface area is 153 Å². The van der Waals surface area contributed by atoms with E-state index in [-0.39, 0.29) is 17.5 Å². The molecule has 0 radical (unpaired) electrons. The van der Waals surface area contributed by atoms with Crippen LogP contribution in [0.15, 0.2) is 12.2 Å². The molecule has 2 amide bonds. The fourth-order valence-electron chi connectivity index (χ4n) is 2.64. The van der Waals surface area contributed by atoms with Crippen molar-refractivity contribution >= 4 is 11.8 Å². The van der Waals surface area contributed by atoms with Crippen molar-refractivity contribution in [3.63, 3.8) is 0 Å². The molecule has 0 saturated carbocycles. The summed E-state index contributed by atoms with van der Waals surface area (Å²) in [7, 11) is 6.96. The first kappa shape index (κ1) is 22.6. The second-order valence-corrected chi connectivity index (χ2v) is 6.58. The van der Waals surface area contributed by atoms with E-state index in [9.17, 15) is 9.59 Å². The SMILES string of the molecule is CNC(=O)[C@](C)(CCC/C=C/CCC[C@](C)(NC)C(=O)NC)NC.[HH].[HH].[HH].[HH]. The molecule has 0 saturated heterocycles. The quantitative estimate of drug-likeness (QED) is 0.322. The van der Waals surface area contributed by atoms with Crippen LogP contribution in [-0.4, -0.2) is 51.1 Å². The third kappa shape index (κ3) is 7.01. The first-order valence-electron chi connectivity index (χ1n) is 8.77. The lowest BCUT2D eigenvalue weighted by atomic mass is 9.93. The minimum Gasteiger partial charge on any atom is -0.358 e. The number of unbranched alkanes of at least 4 members (excludes halogenated alkanes) is 2. The minimum atomic E-state index is -0.509. The predicted octanol–water partition coefficient (Wildman–Crippen LogP) is 2.32. The van der Waals surface area contributed by atoms with Crippen LogP contribution in [-0.2, 0) is 9.59 Å². The highest BCUT2D eigenvalue weighted by atomic mass is 16.2. The van der Waals surface area contributed by atoms with Crippen LogP contribution >= 0.6 is 0 Å². The molecule has 148 valence electrons. The van der Waals surface area contributed by atoms with Crippen molar-refractivity contribution in [3.8, 4) is 0 Å². The number of carbonyl (C=O) groups excluding carboxylic acids is 2. The van der Waals surface area contributed by atoms with Crippen molar-refractivity contribution in [2.75, 3.05) is 28.2 Å². The molecule has 24 heavy (non-hydrogen) atoms. The summed E-state index contributed by atoms with van der Waals surface area (Å²) in [5.41, 5.74) is -1.02. The summed E-state index contributed by atoms with van der Waals surface area (Å²) in [6.45, 7) is 3.85. The molecule has 0 spiro atoms. The lowest BCUT2D eigenvalue weighted by Crippen LogP contribution is -2.52. The average Bonchev–Trinajstić information content (AvgIpc) is 2.61. The molecular formula is C18H44N4O2. The van der Waals surface area contributed by atoms with Crippen molar-refractivity contribution < 1.29 is 15.3 Å². The lowest BCUT2D eigenvalue weighted by molar-refractivity contribution is -0.127. The van der Waals surface area contributed by atoms with Gasteiger partial charge in [0.25, 0.3) is 0 Å². The third-order valence-corrected chi connectivity index (χ3v) is 4.82. The van der Waals surface area contributed by atoms with E-state index >= 15 is 0 Å². The fraction of sp³-hybridized carbons (Fsp3) is 0.778. The van der Waals surface area contributed by atoms with E-state index < -0.39 is 11.1 Å². The highest BCUT2D eigenvalue weighted by molar-refractivity contribution is 5.85. The molecule has 0 unspecified atom stereocenters. The van der Waals surface area contributed by atoms with Crippen molar-refractivity contribution in [2.45, 2.75) is 63.5 Å². The van der Waals surface area contributed by atoms with Gasteiger partial charge in [0.15, 0.2) is 0 Å².